The summed E-state index contributed by atoms with van der Waals surface area (Å²) in [6, 6.07) is 5.56. The Hall–Kier alpha value is -2.16. The first-order chi connectivity index (χ1) is 11.7. The minimum atomic E-state index is -3.22. The van der Waals surface area contributed by atoms with Crippen LogP contribution in [0.1, 0.15) is 26.5 Å². The molecule has 0 saturated carbocycles. The van der Waals surface area contributed by atoms with E-state index in [2.05, 4.69) is 10.6 Å². The molecule has 2 rings (SSSR count). The Morgan fingerprint density at radius 3 is 2.50 bits per heavy atom. The number of rotatable bonds is 6. The first-order valence-electron chi connectivity index (χ1n) is 7.24. The Bertz CT molecular complexity index is 797. The average Bonchev–Trinajstić information content (AvgIpc) is 2.99. The maximum Gasteiger partial charge on any atom is 0.277 e. The number of hydrogen-bond acceptors (Lipinski definition) is 4. The first-order valence-corrected chi connectivity index (χ1v) is 7.62. The zero-order valence-electron chi connectivity index (χ0n) is 13.6. The van der Waals surface area contributed by atoms with Gasteiger partial charge in [-0.3, -0.25) is 9.59 Å². The van der Waals surface area contributed by atoms with Gasteiger partial charge in [-0.2, -0.15) is 0 Å². The average molecular weight is 408 g/mol. The Balaban J connectivity index is 0.00000338. The van der Waals surface area contributed by atoms with Crippen LogP contribution in [0.2, 0.25) is 5.02 Å². The molecular formula is C16H17Cl2F2N3O3. The molecule has 0 unspecified atom stereocenters. The number of amides is 2. The summed E-state index contributed by atoms with van der Waals surface area (Å²) in [5.41, 5.74) is 5.29. The Kier molecular flexibility index (Phi) is 7.55. The third-order valence-corrected chi connectivity index (χ3v) is 3.62. The van der Waals surface area contributed by atoms with Gasteiger partial charge >= 0.3 is 0 Å². The SMILES string of the molecule is Cc1occc1C(=O)Nc1cc(Cl)ccc1C(=O)NCC(F)(F)CN.Cl. The van der Waals surface area contributed by atoms with E-state index in [-0.39, 0.29) is 34.2 Å². The van der Waals surface area contributed by atoms with Crippen LogP contribution in [0, 0.1) is 6.92 Å². The second-order valence-corrected chi connectivity index (χ2v) is 5.71. The van der Waals surface area contributed by atoms with Crippen molar-refractivity contribution >= 4 is 41.5 Å². The van der Waals surface area contributed by atoms with Crippen LogP contribution in [-0.2, 0) is 0 Å². The molecule has 26 heavy (non-hydrogen) atoms. The number of alkyl halides is 2. The van der Waals surface area contributed by atoms with Crippen molar-refractivity contribution in [2.45, 2.75) is 12.8 Å². The van der Waals surface area contributed by atoms with E-state index in [9.17, 15) is 18.4 Å². The summed E-state index contributed by atoms with van der Waals surface area (Å²) < 4.78 is 31.4. The standard InChI is InChI=1S/C16H16ClF2N3O3.ClH/c1-9-11(4-5-25-9)15(24)22-13-6-10(17)2-3-12(13)14(23)21-8-16(18,19)7-20;/h2-6H,7-8,20H2,1H3,(H,21,23)(H,22,24);1H. The molecule has 10 heteroatoms. The van der Waals surface area contributed by atoms with Gasteiger partial charge in [-0.1, -0.05) is 11.6 Å². The molecule has 1 aromatic heterocycles. The molecule has 142 valence electrons. The second-order valence-electron chi connectivity index (χ2n) is 5.28. The van der Waals surface area contributed by atoms with Crippen molar-refractivity contribution in [2.24, 2.45) is 5.73 Å². The smallest absolute Gasteiger partial charge is 0.277 e. The highest BCUT2D eigenvalue weighted by molar-refractivity contribution is 6.31. The highest BCUT2D eigenvalue weighted by Gasteiger charge is 2.28. The molecule has 2 aromatic rings. The monoisotopic (exact) mass is 407 g/mol. The van der Waals surface area contributed by atoms with E-state index in [0.717, 1.165) is 0 Å². The number of halogens is 4. The molecule has 0 spiro atoms. The van der Waals surface area contributed by atoms with Gasteiger partial charge in [0, 0.05) is 5.02 Å². The molecule has 2 amide bonds. The fourth-order valence-electron chi connectivity index (χ4n) is 2.01. The van der Waals surface area contributed by atoms with Crippen LogP contribution >= 0.6 is 24.0 Å². The van der Waals surface area contributed by atoms with E-state index in [4.69, 9.17) is 21.8 Å². The molecule has 0 aliphatic carbocycles. The Morgan fingerprint density at radius 1 is 1.23 bits per heavy atom. The van der Waals surface area contributed by atoms with Gasteiger partial charge in [0.2, 0.25) is 0 Å². The van der Waals surface area contributed by atoms with Crippen LogP contribution in [0.4, 0.5) is 14.5 Å². The minimum absolute atomic E-state index is 0. The van der Waals surface area contributed by atoms with Crippen LogP contribution in [0.5, 0.6) is 0 Å². The third-order valence-electron chi connectivity index (χ3n) is 3.38. The molecule has 0 atom stereocenters. The van der Waals surface area contributed by atoms with Crippen molar-refractivity contribution in [1.29, 1.82) is 0 Å². The second kappa shape index (κ2) is 8.98. The molecule has 0 radical (unpaired) electrons. The zero-order valence-corrected chi connectivity index (χ0v) is 15.2. The molecule has 4 N–H and O–H groups in total. The van der Waals surface area contributed by atoms with Crippen LogP contribution in [0.15, 0.2) is 34.9 Å². The molecule has 1 aromatic carbocycles. The number of furan rings is 1. The molecule has 0 aliphatic rings. The van der Waals surface area contributed by atoms with E-state index in [0.29, 0.717) is 5.76 Å². The van der Waals surface area contributed by atoms with E-state index < -0.39 is 30.8 Å². The summed E-state index contributed by atoms with van der Waals surface area (Å²) in [7, 11) is 0. The van der Waals surface area contributed by atoms with E-state index in [1.165, 1.54) is 30.5 Å². The lowest BCUT2D eigenvalue weighted by Gasteiger charge is -2.16. The van der Waals surface area contributed by atoms with Gasteiger partial charge in [-0.05, 0) is 31.2 Å². The van der Waals surface area contributed by atoms with Crippen molar-refractivity contribution in [3.8, 4) is 0 Å². The molecule has 0 bridgehead atoms. The highest BCUT2D eigenvalue weighted by atomic mass is 35.5. The lowest BCUT2D eigenvalue weighted by Crippen LogP contribution is -2.41. The van der Waals surface area contributed by atoms with Crippen molar-refractivity contribution in [2.75, 3.05) is 18.4 Å². The number of carbonyl (C=O) groups excluding carboxylic acids is 2. The van der Waals surface area contributed by atoms with Gasteiger partial charge in [0.05, 0.1) is 36.2 Å². The maximum absolute atomic E-state index is 13.2. The number of hydrogen-bond donors (Lipinski definition) is 3. The van der Waals surface area contributed by atoms with Crippen LogP contribution in [0.3, 0.4) is 0 Å². The summed E-state index contributed by atoms with van der Waals surface area (Å²) in [5, 5.41) is 4.88. The van der Waals surface area contributed by atoms with Crippen molar-refractivity contribution in [3.63, 3.8) is 0 Å². The fourth-order valence-corrected chi connectivity index (χ4v) is 2.18. The number of carbonyl (C=O) groups is 2. The highest BCUT2D eigenvalue weighted by Crippen LogP contribution is 2.23. The van der Waals surface area contributed by atoms with Gasteiger partial charge in [-0.15, -0.1) is 12.4 Å². The van der Waals surface area contributed by atoms with E-state index in [1.807, 2.05) is 0 Å². The quantitative estimate of drug-likeness (QED) is 0.684. The lowest BCUT2D eigenvalue weighted by molar-refractivity contribution is 0.0118. The lowest BCUT2D eigenvalue weighted by atomic mass is 10.1. The van der Waals surface area contributed by atoms with Gasteiger partial charge in [0.1, 0.15) is 5.76 Å². The van der Waals surface area contributed by atoms with E-state index >= 15 is 0 Å². The van der Waals surface area contributed by atoms with Crippen LogP contribution in [0.25, 0.3) is 0 Å². The minimum Gasteiger partial charge on any atom is -0.469 e. The summed E-state index contributed by atoms with van der Waals surface area (Å²) in [6.07, 6.45) is 1.35. The number of aryl methyl sites for hydroxylation is 1. The number of nitrogens with one attached hydrogen (secondary N) is 2. The predicted octanol–water partition coefficient (Wildman–Crippen LogP) is 3.24. The van der Waals surface area contributed by atoms with Crippen LogP contribution in [-0.4, -0.2) is 30.8 Å². The summed E-state index contributed by atoms with van der Waals surface area (Å²) in [5.74, 6) is -4.13. The van der Waals surface area contributed by atoms with Gasteiger partial charge in [0.25, 0.3) is 17.7 Å². The molecule has 1 heterocycles. The third kappa shape index (κ3) is 5.42. The summed E-state index contributed by atoms with van der Waals surface area (Å²) in [4.78, 5) is 24.4. The van der Waals surface area contributed by atoms with Gasteiger partial charge in [0.15, 0.2) is 0 Å². The molecule has 0 aliphatic heterocycles. The maximum atomic E-state index is 13.2. The van der Waals surface area contributed by atoms with Crippen molar-refractivity contribution in [1.82, 2.24) is 5.32 Å². The largest absolute Gasteiger partial charge is 0.469 e. The van der Waals surface area contributed by atoms with Crippen molar-refractivity contribution in [3.05, 3.63) is 52.4 Å². The summed E-state index contributed by atoms with van der Waals surface area (Å²) in [6.45, 7) is -0.203. The number of anilines is 1. The topological polar surface area (TPSA) is 97.4 Å². The molecule has 0 fully saturated rings. The summed E-state index contributed by atoms with van der Waals surface area (Å²) >= 11 is 5.90. The zero-order chi connectivity index (χ0) is 18.6. The molecule has 6 nitrogen and oxygen atoms in total. The van der Waals surface area contributed by atoms with Gasteiger partial charge < -0.3 is 20.8 Å². The van der Waals surface area contributed by atoms with Gasteiger partial charge in [-0.25, -0.2) is 8.78 Å². The number of nitrogens with two attached hydrogens (primary N) is 1. The van der Waals surface area contributed by atoms with E-state index in [1.54, 1.807) is 6.92 Å². The normalized spacial score (nSPS) is 10.8. The Morgan fingerprint density at radius 2 is 1.92 bits per heavy atom. The molecular weight excluding hydrogens is 391 g/mol. The Labute approximate surface area is 159 Å². The first kappa shape index (κ1) is 21.9. The fraction of sp³-hybridized carbons (Fsp3) is 0.250. The number of benzene rings is 1. The predicted molar refractivity (Wildman–Crippen MR) is 96.4 cm³/mol. The van der Waals surface area contributed by atoms with Crippen molar-refractivity contribution < 1.29 is 22.8 Å². The molecule has 0 saturated heterocycles. The van der Waals surface area contributed by atoms with Crippen LogP contribution < -0.4 is 16.4 Å².